The Balaban J connectivity index is 0.000000311. The summed E-state index contributed by atoms with van der Waals surface area (Å²) in [7, 11) is -11.5. The molecule has 0 spiro atoms. The number of nitro benzene ring substituents is 1. The Morgan fingerprint density at radius 3 is 1.14 bits per heavy atom. The molecule has 4 aromatic carbocycles. The Morgan fingerprint density at radius 1 is 0.552 bits per heavy atom. The Morgan fingerprint density at radius 2 is 0.862 bits per heavy atom. The number of alkyl halides is 6. The van der Waals surface area contributed by atoms with Gasteiger partial charge in [0.25, 0.3) is 5.69 Å². The fourth-order valence-corrected chi connectivity index (χ4v) is 8.05. The third-order valence-electron chi connectivity index (χ3n) is 10.6. The summed E-state index contributed by atoms with van der Waals surface area (Å²) in [4.78, 5) is 10.7. The van der Waals surface area contributed by atoms with Gasteiger partial charge in [-0.3, -0.25) is 10.1 Å². The highest BCUT2D eigenvalue weighted by Gasteiger charge is 2.49. The Bertz CT molecular complexity index is 2360. The average molecular weight is 861 g/mol. The van der Waals surface area contributed by atoms with Crippen LogP contribution < -0.4 is 14.1 Å². The molecule has 58 heavy (non-hydrogen) atoms. The number of aryl methyl sites for hydroxylation is 4. The number of benzene rings is 4. The smallest absolute Gasteiger partial charge is 0.399 e. The van der Waals surface area contributed by atoms with Crippen molar-refractivity contribution < 1.29 is 56.5 Å². The molecule has 0 saturated carbocycles. The van der Waals surface area contributed by atoms with Crippen LogP contribution in [0.15, 0.2) is 72.8 Å². The molecule has 4 rings (SSSR count). The maximum absolute atomic E-state index is 12.6. The van der Waals surface area contributed by atoms with Crippen molar-refractivity contribution in [2.45, 2.75) is 103 Å². The molecule has 0 radical (unpaired) electrons. The molecule has 0 aliphatic rings. The van der Waals surface area contributed by atoms with E-state index in [1.54, 1.807) is 37.3 Å². The van der Waals surface area contributed by atoms with Gasteiger partial charge < -0.3 is 14.1 Å². The Kier molecular flexibility index (Phi) is 14.4. The predicted molar refractivity (Wildman–Crippen MR) is 210 cm³/mol. The fourth-order valence-electron chi connectivity index (χ4n) is 7.01. The zero-order valence-electron chi connectivity index (χ0n) is 33.1. The molecule has 0 amide bonds. The van der Waals surface area contributed by atoms with Gasteiger partial charge in [-0.2, -0.15) is 43.2 Å². The maximum atomic E-state index is 12.6. The van der Waals surface area contributed by atoms with Crippen molar-refractivity contribution >= 4 is 31.6 Å². The van der Waals surface area contributed by atoms with Gasteiger partial charge in [0.1, 0.15) is 11.5 Å². The van der Waals surface area contributed by atoms with Crippen LogP contribution >= 0.6 is 0 Å². The number of hydrogen-bond acceptors (Lipinski definition) is 9. The number of nitro groups is 1. The van der Waals surface area contributed by atoms with Gasteiger partial charge in [0.05, 0.1) is 4.92 Å². The minimum atomic E-state index is -5.77. The van der Waals surface area contributed by atoms with E-state index < -0.39 is 47.3 Å². The third-order valence-corrected chi connectivity index (χ3v) is 12.5. The van der Waals surface area contributed by atoms with Gasteiger partial charge in [0, 0.05) is 28.1 Å². The molecule has 0 aliphatic heterocycles. The van der Waals surface area contributed by atoms with Crippen LogP contribution in [-0.4, -0.2) is 32.8 Å². The lowest BCUT2D eigenvalue weighted by atomic mass is 9.70. The average Bonchev–Trinajstić information content (AvgIpc) is 3.12. The molecule has 2 N–H and O–H groups in total. The van der Waals surface area contributed by atoms with Crippen molar-refractivity contribution in [3.63, 3.8) is 0 Å². The first-order valence-electron chi connectivity index (χ1n) is 18.0. The molecule has 0 saturated heterocycles. The standard InChI is InChI=1S/C20H22F3NO5S.C20H24F3NO3S/c1-5-19(6-2,15-7-9-17(24(25)26)13(3)11-15)16-8-10-18(14(4)12-16)29-30(27,28)20(21,22)23;1-5-19(6-2,15-7-9-17(24)13(3)11-15)16-8-10-18(14(4)12-16)27-28(25,26)20(21,22)23/h7-12H,5-6H2,1-4H3;7-12H,5-6,24H2,1-4H3. The SMILES string of the molecule is CCC(CC)(c1ccc(N)c(C)c1)c1ccc(OS(=O)(=O)C(F)(F)F)c(C)c1.CCC(CC)(c1ccc(OS(=O)(=O)C(F)(F)F)c(C)c1)c1ccc([N+](=O)[O-])c(C)c1. The first-order valence-corrected chi connectivity index (χ1v) is 20.8. The van der Waals surface area contributed by atoms with E-state index in [9.17, 15) is 53.3 Å². The first-order chi connectivity index (χ1) is 26.7. The molecule has 0 unspecified atom stereocenters. The third kappa shape index (κ3) is 9.71. The number of nitrogens with zero attached hydrogens (tertiary/aromatic N) is 1. The number of nitrogens with two attached hydrogens (primary N) is 1. The second kappa shape index (κ2) is 17.6. The number of anilines is 1. The molecular formula is C40H46F6N2O8S2. The summed E-state index contributed by atoms with van der Waals surface area (Å²) in [6.45, 7) is 14.5. The lowest BCUT2D eigenvalue weighted by molar-refractivity contribution is -0.385. The molecule has 0 fully saturated rings. The number of hydrogen-bond donors (Lipinski definition) is 1. The van der Waals surface area contributed by atoms with Crippen molar-refractivity contribution in [2.24, 2.45) is 0 Å². The second-order valence-electron chi connectivity index (χ2n) is 13.8. The summed E-state index contributed by atoms with van der Waals surface area (Å²) in [5.74, 6) is -0.743. The van der Waals surface area contributed by atoms with Crippen molar-refractivity contribution in [3.05, 3.63) is 127 Å². The van der Waals surface area contributed by atoms with E-state index in [0.717, 1.165) is 40.7 Å². The number of rotatable bonds is 13. The zero-order valence-corrected chi connectivity index (χ0v) is 34.8. The van der Waals surface area contributed by atoms with Crippen LogP contribution in [-0.2, 0) is 31.1 Å². The van der Waals surface area contributed by atoms with E-state index in [0.29, 0.717) is 29.7 Å². The van der Waals surface area contributed by atoms with Crippen molar-refractivity contribution in [1.82, 2.24) is 0 Å². The normalized spacial score (nSPS) is 12.7. The maximum Gasteiger partial charge on any atom is 0.534 e. The van der Waals surface area contributed by atoms with E-state index >= 15 is 0 Å². The highest BCUT2D eigenvalue weighted by molar-refractivity contribution is 7.88. The lowest BCUT2D eigenvalue weighted by Crippen LogP contribution is -2.29. The Labute approximate surface area is 334 Å². The van der Waals surface area contributed by atoms with Crippen LogP contribution in [0.25, 0.3) is 0 Å². The summed E-state index contributed by atoms with van der Waals surface area (Å²) in [6.07, 6.45) is 2.71. The van der Waals surface area contributed by atoms with Crippen LogP contribution in [0.1, 0.15) is 97.9 Å². The van der Waals surface area contributed by atoms with Crippen molar-refractivity contribution in [2.75, 3.05) is 5.73 Å². The largest absolute Gasteiger partial charge is 0.534 e. The van der Waals surface area contributed by atoms with E-state index in [4.69, 9.17) is 5.73 Å². The monoisotopic (exact) mass is 860 g/mol. The van der Waals surface area contributed by atoms with Crippen LogP contribution in [0.2, 0.25) is 0 Å². The topological polar surface area (TPSA) is 156 Å². The first kappa shape index (κ1) is 47.5. The predicted octanol–water partition coefficient (Wildman–Crippen LogP) is 10.8. The molecule has 0 bridgehead atoms. The molecule has 0 heterocycles. The lowest BCUT2D eigenvalue weighted by Gasteiger charge is -2.34. The van der Waals surface area contributed by atoms with Crippen molar-refractivity contribution in [3.8, 4) is 11.5 Å². The van der Waals surface area contributed by atoms with Gasteiger partial charge in [0.15, 0.2) is 0 Å². The second-order valence-corrected chi connectivity index (χ2v) is 16.9. The van der Waals surface area contributed by atoms with Gasteiger partial charge in [-0.15, -0.1) is 0 Å². The van der Waals surface area contributed by atoms with Gasteiger partial charge in [0.2, 0.25) is 0 Å². The van der Waals surface area contributed by atoms with Crippen LogP contribution in [0.5, 0.6) is 11.5 Å². The van der Waals surface area contributed by atoms with Crippen molar-refractivity contribution in [1.29, 1.82) is 0 Å². The van der Waals surface area contributed by atoms with Gasteiger partial charge in [-0.25, -0.2) is 0 Å². The summed E-state index contributed by atoms with van der Waals surface area (Å²) in [5, 5.41) is 11.1. The zero-order chi connectivity index (χ0) is 44.2. The van der Waals surface area contributed by atoms with Gasteiger partial charge in [-0.1, -0.05) is 70.2 Å². The summed E-state index contributed by atoms with van der Waals surface area (Å²) < 4.78 is 129. The van der Waals surface area contributed by atoms with E-state index in [2.05, 4.69) is 8.37 Å². The molecule has 0 atom stereocenters. The quantitative estimate of drug-likeness (QED) is 0.0345. The summed E-state index contributed by atoms with van der Waals surface area (Å²) in [6, 6.07) is 19.5. The highest BCUT2D eigenvalue weighted by Crippen LogP contribution is 2.43. The molecule has 4 aromatic rings. The van der Waals surface area contributed by atoms with Crippen LogP contribution in [0, 0.1) is 37.8 Å². The molecular weight excluding hydrogens is 815 g/mol. The number of nitrogen functional groups attached to an aromatic ring is 1. The molecule has 18 heteroatoms. The minimum Gasteiger partial charge on any atom is -0.399 e. The van der Waals surface area contributed by atoms with Crippen LogP contribution in [0.4, 0.5) is 37.7 Å². The number of halogens is 6. The minimum absolute atomic E-state index is 0.00265. The molecule has 0 aliphatic carbocycles. The molecule has 0 aromatic heterocycles. The van der Waals surface area contributed by atoms with Gasteiger partial charge in [-0.05, 0) is 117 Å². The fraction of sp³-hybridized carbons (Fsp3) is 0.400. The highest BCUT2D eigenvalue weighted by atomic mass is 32.2. The molecule has 10 nitrogen and oxygen atoms in total. The van der Waals surface area contributed by atoms with Crippen LogP contribution in [0.3, 0.4) is 0 Å². The Hall–Kier alpha value is -4.84. The summed E-state index contributed by atoms with van der Waals surface area (Å²) >= 11 is 0. The van der Waals surface area contributed by atoms with Gasteiger partial charge >= 0.3 is 31.3 Å². The summed E-state index contributed by atoms with van der Waals surface area (Å²) in [5.41, 5.74) is 0.118. The molecule has 318 valence electrons. The van der Waals surface area contributed by atoms with E-state index in [-0.39, 0.29) is 22.4 Å². The van der Waals surface area contributed by atoms with E-state index in [1.165, 1.54) is 38.1 Å². The van der Waals surface area contributed by atoms with E-state index in [1.807, 2.05) is 52.8 Å².